The van der Waals surface area contributed by atoms with Crippen LogP contribution in [0.4, 0.5) is 5.69 Å². The summed E-state index contributed by atoms with van der Waals surface area (Å²) in [4.78, 5) is 30.8. The first-order valence-electron chi connectivity index (χ1n) is 8.88. The van der Waals surface area contributed by atoms with E-state index in [0.29, 0.717) is 16.8 Å². The van der Waals surface area contributed by atoms with Crippen molar-refractivity contribution in [2.24, 2.45) is 0 Å². The van der Waals surface area contributed by atoms with E-state index >= 15 is 0 Å². The number of hydrogen-bond acceptors (Lipinski definition) is 2. The van der Waals surface area contributed by atoms with E-state index < -0.39 is 0 Å². The Balaban J connectivity index is 1.72. The Morgan fingerprint density at radius 2 is 1.74 bits per heavy atom. The third-order valence-corrected chi connectivity index (χ3v) is 4.74. The molecule has 0 radical (unpaired) electrons. The maximum absolute atomic E-state index is 12.7. The molecule has 0 atom stereocenters. The summed E-state index contributed by atoms with van der Waals surface area (Å²) in [6.07, 6.45) is 1.71. The fraction of sp³-hybridized carbons (Fsp3) is 0.182. The molecular weight excluding hydrogens is 338 g/mol. The molecular formula is C22H21N3O2. The van der Waals surface area contributed by atoms with Gasteiger partial charge in [-0.1, -0.05) is 45.0 Å². The lowest BCUT2D eigenvalue weighted by atomic mass is 9.85. The lowest BCUT2D eigenvalue weighted by Crippen LogP contribution is -2.17. The first-order chi connectivity index (χ1) is 12.8. The van der Waals surface area contributed by atoms with Crippen LogP contribution in [0, 0.1) is 0 Å². The molecule has 136 valence electrons. The predicted molar refractivity (Wildman–Crippen MR) is 110 cm³/mol. The van der Waals surface area contributed by atoms with Crippen molar-refractivity contribution in [1.29, 1.82) is 0 Å². The van der Waals surface area contributed by atoms with Crippen LogP contribution in [0.3, 0.4) is 0 Å². The van der Waals surface area contributed by atoms with Crippen LogP contribution in [0.1, 0.15) is 36.7 Å². The van der Waals surface area contributed by atoms with Crippen molar-refractivity contribution < 1.29 is 4.79 Å². The second-order valence-corrected chi connectivity index (χ2v) is 7.76. The van der Waals surface area contributed by atoms with Crippen LogP contribution < -0.4 is 10.9 Å². The number of amides is 1. The van der Waals surface area contributed by atoms with Crippen molar-refractivity contribution in [3.8, 4) is 0 Å². The van der Waals surface area contributed by atoms with Crippen LogP contribution in [0.5, 0.6) is 0 Å². The standard InChI is InChI=1S/C22H21N3O2/c1-22(2,3)17-11-20(26)25-19-10-13(8-9-15(17)19)24-21(27)16-12-23-18-7-5-4-6-14(16)18/h4-12,23H,1-3H3,(H,24,27)(H,25,26). The number of rotatable bonds is 2. The highest BCUT2D eigenvalue weighted by atomic mass is 16.1. The summed E-state index contributed by atoms with van der Waals surface area (Å²) < 4.78 is 0. The number of benzene rings is 2. The van der Waals surface area contributed by atoms with E-state index in [2.05, 4.69) is 36.1 Å². The summed E-state index contributed by atoms with van der Waals surface area (Å²) in [7, 11) is 0. The first kappa shape index (κ1) is 17.1. The number of carbonyl (C=O) groups excluding carboxylic acids is 1. The van der Waals surface area contributed by atoms with Gasteiger partial charge in [0.05, 0.1) is 11.1 Å². The lowest BCUT2D eigenvalue weighted by molar-refractivity contribution is 0.102. The smallest absolute Gasteiger partial charge is 0.257 e. The number of fused-ring (bicyclic) bond motifs is 2. The maximum atomic E-state index is 12.7. The molecule has 1 amide bonds. The molecule has 4 aromatic rings. The molecule has 27 heavy (non-hydrogen) atoms. The molecule has 2 heterocycles. The van der Waals surface area contributed by atoms with Crippen LogP contribution in [-0.4, -0.2) is 15.9 Å². The Kier molecular flexibility index (Phi) is 3.88. The van der Waals surface area contributed by atoms with Crippen LogP contribution in [0.15, 0.2) is 59.5 Å². The quantitative estimate of drug-likeness (QED) is 0.491. The Labute approximate surface area is 156 Å². The first-order valence-corrected chi connectivity index (χ1v) is 8.88. The highest BCUT2D eigenvalue weighted by Gasteiger charge is 2.18. The van der Waals surface area contributed by atoms with Crippen LogP contribution >= 0.6 is 0 Å². The number of anilines is 1. The minimum atomic E-state index is -0.193. The molecule has 0 saturated carbocycles. The van der Waals surface area contributed by atoms with Crippen molar-refractivity contribution in [2.45, 2.75) is 26.2 Å². The largest absolute Gasteiger partial charge is 0.360 e. The molecule has 0 unspecified atom stereocenters. The molecule has 5 heteroatoms. The van der Waals surface area contributed by atoms with E-state index in [4.69, 9.17) is 0 Å². The monoisotopic (exact) mass is 359 g/mol. The van der Waals surface area contributed by atoms with Gasteiger partial charge in [-0.25, -0.2) is 0 Å². The van der Waals surface area contributed by atoms with E-state index in [1.807, 2.05) is 36.4 Å². The van der Waals surface area contributed by atoms with Gasteiger partial charge >= 0.3 is 0 Å². The fourth-order valence-electron chi connectivity index (χ4n) is 3.42. The number of hydrogen-bond donors (Lipinski definition) is 3. The normalized spacial score (nSPS) is 11.8. The van der Waals surface area contributed by atoms with E-state index in [0.717, 1.165) is 21.9 Å². The molecule has 3 N–H and O–H groups in total. The summed E-state index contributed by atoms with van der Waals surface area (Å²) in [5.41, 5.74) is 3.54. The van der Waals surface area contributed by atoms with Gasteiger partial charge in [-0.05, 0) is 29.2 Å². The molecule has 0 saturated heterocycles. The molecule has 2 aromatic heterocycles. The zero-order chi connectivity index (χ0) is 19.2. The lowest BCUT2D eigenvalue weighted by Gasteiger charge is -2.21. The maximum Gasteiger partial charge on any atom is 0.257 e. The molecule has 0 fully saturated rings. The third-order valence-electron chi connectivity index (χ3n) is 4.74. The second-order valence-electron chi connectivity index (χ2n) is 7.76. The Hall–Kier alpha value is -3.34. The number of H-pyrrole nitrogens is 2. The molecule has 0 bridgehead atoms. The minimum Gasteiger partial charge on any atom is -0.360 e. The summed E-state index contributed by atoms with van der Waals surface area (Å²) in [6.45, 7) is 6.23. The number of carbonyl (C=O) groups is 1. The molecule has 0 spiro atoms. The van der Waals surface area contributed by atoms with Crippen LogP contribution in [0.2, 0.25) is 0 Å². The topological polar surface area (TPSA) is 77.8 Å². The highest BCUT2D eigenvalue weighted by Crippen LogP contribution is 2.29. The zero-order valence-corrected chi connectivity index (χ0v) is 15.5. The number of pyridine rings is 1. The average Bonchev–Trinajstić information content (AvgIpc) is 3.04. The van der Waals surface area contributed by atoms with Gasteiger partial charge in [0.25, 0.3) is 5.91 Å². The molecule has 5 nitrogen and oxygen atoms in total. The number of nitrogens with one attached hydrogen (secondary N) is 3. The van der Waals surface area contributed by atoms with Crippen molar-refractivity contribution in [2.75, 3.05) is 5.32 Å². The Bertz CT molecular complexity index is 1230. The van der Waals surface area contributed by atoms with Gasteiger partial charge < -0.3 is 15.3 Å². The molecule has 2 aromatic carbocycles. The Morgan fingerprint density at radius 3 is 2.52 bits per heavy atom. The van der Waals surface area contributed by atoms with Crippen LogP contribution in [-0.2, 0) is 5.41 Å². The van der Waals surface area contributed by atoms with E-state index in [9.17, 15) is 9.59 Å². The van der Waals surface area contributed by atoms with Gasteiger partial charge in [-0.2, -0.15) is 0 Å². The third kappa shape index (κ3) is 3.12. The van der Waals surface area contributed by atoms with Gasteiger partial charge in [-0.3, -0.25) is 9.59 Å². The number of para-hydroxylation sites is 1. The molecule has 4 rings (SSSR count). The summed E-state index contributed by atoms with van der Waals surface area (Å²) in [5, 5.41) is 4.78. The van der Waals surface area contributed by atoms with Gasteiger partial charge in [0.1, 0.15) is 0 Å². The SMILES string of the molecule is CC(C)(C)c1cc(=O)[nH]c2cc(NC(=O)c3c[nH]c4ccccc34)ccc12. The van der Waals surface area contributed by atoms with Gasteiger partial charge in [-0.15, -0.1) is 0 Å². The highest BCUT2D eigenvalue weighted by molar-refractivity contribution is 6.13. The second kappa shape index (κ2) is 6.13. The fourth-order valence-corrected chi connectivity index (χ4v) is 3.42. The zero-order valence-electron chi connectivity index (χ0n) is 15.5. The van der Waals surface area contributed by atoms with E-state index in [1.54, 1.807) is 18.3 Å². The van der Waals surface area contributed by atoms with Crippen molar-refractivity contribution >= 4 is 33.4 Å². The summed E-state index contributed by atoms with van der Waals surface area (Å²) >= 11 is 0. The summed E-state index contributed by atoms with van der Waals surface area (Å²) in [6, 6.07) is 14.9. The summed E-state index contributed by atoms with van der Waals surface area (Å²) in [5.74, 6) is -0.193. The molecule has 0 aliphatic rings. The predicted octanol–water partition coefficient (Wildman–Crippen LogP) is 4.56. The molecule has 0 aliphatic heterocycles. The number of aromatic nitrogens is 2. The number of aromatic amines is 2. The Morgan fingerprint density at radius 1 is 0.963 bits per heavy atom. The van der Waals surface area contributed by atoms with E-state index in [1.165, 1.54) is 0 Å². The van der Waals surface area contributed by atoms with Crippen LogP contribution in [0.25, 0.3) is 21.8 Å². The van der Waals surface area contributed by atoms with Crippen molar-refractivity contribution in [3.63, 3.8) is 0 Å². The van der Waals surface area contributed by atoms with Crippen molar-refractivity contribution in [3.05, 3.63) is 76.2 Å². The van der Waals surface area contributed by atoms with E-state index in [-0.39, 0.29) is 16.9 Å². The van der Waals surface area contributed by atoms with Gasteiger partial charge in [0, 0.05) is 34.2 Å². The van der Waals surface area contributed by atoms with Crippen molar-refractivity contribution in [1.82, 2.24) is 9.97 Å². The minimum absolute atomic E-state index is 0.146. The van der Waals surface area contributed by atoms with Gasteiger partial charge in [0.2, 0.25) is 5.56 Å². The van der Waals surface area contributed by atoms with Gasteiger partial charge in [0.15, 0.2) is 0 Å². The average molecular weight is 359 g/mol. The molecule has 0 aliphatic carbocycles.